The molecule has 1 saturated heterocycles. The molecule has 1 aliphatic heterocycles. The van der Waals surface area contributed by atoms with Gasteiger partial charge in [-0.2, -0.15) is 0 Å². The predicted octanol–water partition coefficient (Wildman–Crippen LogP) is 1.74. The number of alkyl halides is 2. The highest BCUT2D eigenvalue weighted by Gasteiger charge is 2.48. The molecule has 2 rings (SSSR count). The molecule has 1 aromatic carbocycles. The largest absolute Gasteiger partial charge is 0.487 e. The number of carbonyl (C=O) groups is 1. The Morgan fingerprint density at radius 1 is 1.36 bits per heavy atom. The fourth-order valence-electron chi connectivity index (χ4n) is 2.83. The molecule has 0 radical (unpaired) electrons. The van der Waals surface area contributed by atoms with Crippen molar-refractivity contribution in [2.45, 2.75) is 30.9 Å². The quantitative estimate of drug-likeness (QED) is 0.790. The van der Waals surface area contributed by atoms with Crippen molar-refractivity contribution in [3.8, 4) is 5.75 Å². The van der Waals surface area contributed by atoms with Gasteiger partial charge in [-0.3, -0.25) is 4.79 Å². The number of nitrogens with one attached hydrogen (secondary N) is 2. The maximum Gasteiger partial charge on any atom is 0.272 e. The Balaban J connectivity index is 2.22. The molecular weight excluding hydrogens is 354 g/mol. The third-order valence-electron chi connectivity index (χ3n) is 4.35. The molecule has 6 nitrogen and oxygen atoms in total. The SMILES string of the molecule is Cc1ccc(NC(=O)C2(S(C)(=O)=O)CCNCC2)cc1OCC(F)F. The van der Waals surface area contributed by atoms with Crippen LogP contribution in [0.25, 0.3) is 0 Å². The van der Waals surface area contributed by atoms with Crippen molar-refractivity contribution in [2.24, 2.45) is 0 Å². The summed E-state index contributed by atoms with van der Waals surface area (Å²) in [4.78, 5) is 12.7. The van der Waals surface area contributed by atoms with Crippen LogP contribution in [0.2, 0.25) is 0 Å². The number of sulfone groups is 1. The molecule has 2 N–H and O–H groups in total. The standard InChI is InChI=1S/C16H22F2N2O4S/c1-11-3-4-12(9-13(11)24-10-14(17)18)20-15(21)16(25(2,22)23)5-7-19-8-6-16/h3-4,9,14,19H,5-8,10H2,1-2H3,(H,20,21). The third kappa shape index (κ3) is 4.46. The van der Waals surface area contributed by atoms with Gasteiger partial charge in [0.15, 0.2) is 14.6 Å². The Bertz CT molecular complexity index is 732. The zero-order valence-electron chi connectivity index (χ0n) is 14.1. The van der Waals surface area contributed by atoms with Crippen molar-refractivity contribution in [3.63, 3.8) is 0 Å². The van der Waals surface area contributed by atoms with Crippen molar-refractivity contribution in [2.75, 3.05) is 31.3 Å². The van der Waals surface area contributed by atoms with Gasteiger partial charge in [-0.15, -0.1) is 0 Å². The number of amides is 1. The fraction of sp³-hybridized carbons (Fsp3) is 0.562. The van der Waals surface area contributed by atoms with Crippen LogP contribution in [0.1, 0.15) is 18.4 Å². The molecule has 1 heterocycles. The molecule has 1 aliphatic rings. The lowest BCUT2D eigenvalue weighted by Crippen LogP contribution is -2.55. The second-order valence-corrected chi connectivity index (χ2v) is 8.48. The molecule has 0 aromatic heterocycles. The summed E-state index contributed by atoms with van der Waals surface area (Å²) in [6, 6.07) is 4.62. The van der Waals surface area contributed by atoms with Crippen LogP contribution in [0.15, 0.2) is 18.2 Å². The summed E-state index contributed by atoms with van der Waals surface area (Å²) in [6.45, 7) is 1.79. The van der Waals surface area contributed by atoms with Gasteiger partial charge in [0.2, 0.25) is 5.91 Å². The topological polar surface area (TPSA) is 84.5 Å². The van der Waals surface area contributed by atoms with E-state index in [0.717, 1.165) is 6.26 Å². The van der Waals surface area contributed by atoms with Crippen molar-refractivity contribution in [1.82, 2.24) is 5.32 Å². The first-order chi connectivity index (χ1) is 11.7. The van der Waals surface area contributed by atoms with E-state index in [1.807, 2.05) is 0 Å². The number of ether oxygens (including phenoxy) is 1. The molecule has 0 spiro atoms. The lowest BCUT2D eigenvalue weighted by atomic mass is 9.95. The van der Waals surface area contributed by atoms with E-state index in [-0.39, 0.29) is 18.6 Å². The minimum atomic E-state index is -3.63. The number of anilines is 1. The van der Waals surface area contributed by atoms with Crippen LogP contribution in [-0.4, -0.2) is 51.4 Å². The van der Waals surface area contributed by atoms with Crippen molar-refractivity contribution < 1.29 is 26.7 Å². The van der Waals surface area contributed by atoms with Gasteiger partial charge >= 0.3 is 0 Å². The van der Waals surface area contributed by atoms with Crippen LogP contribution in [-0.2, 0) is 14.6 Å². The lowest BCUT2D eigenvalue weighted by Gasteiger charge is -2.34. The third-order valence-corrected chi connectivity index (χ3v) is 6.36. The Labute approximate surface area is 145 Å². The molecule has 25 heavy (non-hydrogen) atoms. The number of hydrogen-bond acceptors (Lipinski definition) is 5. The molecule has 0 aliphatic carbocycles. The molecule has 0 bridgehead atoms. The molecule has 140 valence electrons. The smallest absolute Gasteiger partial charge is 0.272 e. The van der Waals surface area contributed by atoms with E-state index in [4.69, 9.17) is 4.74 Å². The highest BCUT2D eigenvalue weighted by molar-refractivity contribution is 7.92. The zero-order chi connectivity index (χ0) is 18.7. The summed E-state index contributed by atoms with van der Waals surface area (Å²) in [6.07, 6.45) is -1.19. The Morgan fingerprint density at radius 2 is 2.00 bits per heavy atom. The zero-order valence-corrected chi connectivity index (χ0v) is 15.0. The van der Waals surface area contributed by atoms with E-state index in [0.29, 0.717) is 24.3 Å². The second-order valence-electron chi connectivity index (χ2n) is 6.15. The molecular formula is C16H22F2N2O4S. The minimum absolute atomic E-state index is 0.179. The summed E-state index contributed by atoms with van der Waals surface area (Å²) in [5.41, 5.74) is 0.944. The first-order valence-corrected chi connectivity index (χ1v) is 9.78. The van der Waals surface area contributed by atoms with E-state index >= 15 is 0 Å². The Morgan fingerprint density at radius 3 is 2.56 bits per heavy atom. The number of rotatable bonds is 6. The van der Waals surface area contributed by atoms with E-state index in [1.54, 1.807) is 19.1 Å². The molecule has 1 fully saturated rings. The van der Waals surface area contributed by atoms with Crippen molar-refractivity contribution in [3.05, 3.63) is 23.8 Å². The number of benzene rings is 1. The van der Waals surface area contributed by atoms with Gasteiger partial charge in [0.05, 0.1) is 0 Å². The number of carbonyl (C=O) groups excluding carboxylic acids is 1. The average molecular weight is 376 g/mol. The lowest BCUT2D eigenvalue weighted by molar-refractivity contribution is -0.119. The van der Waals surface area contributed by atoms with E-state index in [1.165, 1.54) is 6.07 Å². The first kappa shape index (κ1) is 19.6. The van der Waals surface area contributed by atoms with Crippen molar-refractivity contribution >= 4 is 21.4 Å². The van der Waals surface area contributed by atoms with Crippen LogP contribution in [0.3, 0.4) is 0 Å². The van der Waals surface area contributed by atoms with Crippen LogP contribution in [0, 0.1) is 6.92 Å². The Hall–Kier alpha value is -1.74. The summed E-state index contributed by atoms with van der Waals surface area (Å²) in [7, 11) is -3.63. The monoisotopic (exact) mass is 376 g/mol. The summed E-state index contributed by atoms with van der Waals surface area (Å²) in [5.74, 6) is -0.392. The fourth-order valence-corrected chi connectivity index (χ4v) is 4.16. The molecule has 1 aromatic rings. The minimum Gasteiger partial charge on any atom is -0.487 e. The normalized spacial score (nSPS) is 17.3. The van der Waals surface area contributed by atoms with Crippen molar-refractivity contribution in [1.29, 1.82) is 0 Å². The summed E-state index contributed by atoms with van der Waals surface area (Å²) in [5, 5.41) is 5.64. The first-order valence-electron chi connectivity index (χ1n) is 7.89. The average Bonchev–Trinajstić information content (AvgIpc) is 2.54. The van der Waals surface area contributed by atoms with Gasteiger partial charge in [0.1, 0.15) is 12.4 Å². The van der Waals surface area contributed by atoms with Gasteiger partial charge in [0, 0.05) is 18.0 Å². The number of hydrogen-bond donors (Lipinski definition) is 2. The second kappa shape index (κ2) is 7.65. The number of halogens is 2. The van der Waals surface area contributed by atoms with Crippen LogP contribution in [0.5, 0.6) is 5.75 Å². The Kier molecular flexibility index (Phi) is 5.99. The van der Waals surface area contributed by atoms with Gasteiger partial charge < -0.3 is 15.4 Å². The van der Waals surface area contributed by atoms with Gasteiger partial charge in [-0.25, -0.2) is 17.2 Å². The molecule has 0 atom stereocenters. The molecule has 0 saturated carbocycles. The number of aryl methyl sites for hydroxylation is 1. The predicted molar refractivity (Wildman–Crippen MR) is 91.0 cm³/mol. The van der Waals surface area contributed by atoms with Gasteiger partial charge in [0.25, 0.3) is 6.43 Å². The molecule has 1 amide bonds. The summed E-state index contributed by atoms with van der Waals surface area (Å²) >= 11 is 0. The van der Waals surface area contributed by atoms with Crippen LogP contribution < -0.4 is 15.4 Å². The highest BCUT2D eigenvalue weighted by atomic mass is 32.2. The highest BCUT2D eigenvalue weighted by Crippen LogP contribution is 2.30. The maximum absolute atomic E-state index is 12.7. The number of piperidine rings is 1. The van der Waals surface area contributed by atoms with Crippen LogP contribution >= 0.6 is 0 Å². The van der Waals surface area contributed by atoms with Gasteiger partial charge in [-0.05, 0) is 44.5 Å². The summed E-state index contributed by atoms with van der Waals surface area (Å²) < 4.78 is 52.7. The van der Waals surface area contributed by atoms with Gasteiger partial charge in [-0.1, -0.05) is 6.07 Å². The maximum atomic E-state index is 12.7. The van der Waals surface area contributed by atoms with E-state index in [2.05, 4.69) is 10.6 Å². The molecule has 9 heteroatoms. The van der Waals surface area contributed by atoms with E-state index in [9.17, 15) is 22.0 Å². The molecule has 0 unspecified atom stereocenters. The van der Waals surface area contributed by atoms with E-state index < -0.39 is 33.5 Å². The van der Waals surface area contributed by atoms with Crippen LogP contribution in [0.4, 0.5) is 14.5 Å².